The predicted octanol–water partition coefficient (Wildman–Crippen LogP) is 3.53. The van der Waals surface area contributed by atoms with Gasteiger partial charge in [0.1, 0.15) is 24.6 Å². The number of ether oxygens (including phenoxy) is 2. The maximum absolute atomic E-state index is 12.0. The first-order valence-electron chi connectivity index (χ1n) is 8.11. The van der Waals surface area contributed by atoms with Gasteiger partial charge in [-0.15, -0.1) is 0 Å². The Hall–Kier alpha value is -3.21. The first-order valence-corrected chi connectivity index (χ1v) is 8.11. The SMILES string of the molecule is O=C(/C=C/c1cc2ccccc2o1)NCc1ccc2c(c1)OCCO2. The van der Waals surface area contributed by atoms with Gasteiger partial charge in [-0.3, -0.25) is 4.79 Å². The van der Waals surface area contributed by atoms with E-state index in [2.05, 4.69) is 5.32 Å². The molecule has 0 radical (unpaired) electrons. The lowest BCUT2D eigenvalue weighted by molar-refractivity contribution is -0.116. The Balaban J connectivity index is 1.37. The van der Waals surface area contributed by atoms with E-state index < -0.39 is 0 Å². The van der Waals surface area contributed by atoms with Crippen LogP contribution in [0.25, 0.3) is 17.0 Å². The van der Waals surface area contributed by atoms with E-state index in [4.69, 9.17) is 13.9 Å². The molecule has 5 nitrogen and oxygen atoms in total. The van der Waals surface area contributed by atoms with E-state index in [0.29, 0.717) is 25.5 Å². The third kappa shape index (κ3) is 3.50. The molecule has 0 aliphatic carbocycles. The van der Waals surface area contributed by atoms with Crippen molar-refractivity contribution >= 4 is 23.0 Å². The number of para-hydroxylation sites is 1. The van der Waals surface area contributed by atoms with Gasteiger partial charge in [-0.2, -0.15) is 0 Å². The normalized spacial score (nSPS) is 13.3. The predicted molar refractivity (Wildman–Crippen MR) is 94.5 cm³/mol. The zero-order valence-electron chi connectivity index (χ0n) is 13.5. The number of rotatable bonds is 4. The summed E-state index contributed by atoms with van der Waals surface area (Å²) < 4.78 is 16.7. The number of hydrogen-bond donors (Lipinski definition) is 1. The molecule has 1 aromatic heterocycles. The van der Waals surface area contributed by atoms with Gasteiger partial charge < -0.3 is 19.2 Å². The molecule has 4 rings (SSSR count). The van der Waals surface area contributed by atoms with Gasteiger partial charge in [0.05, 0.1) is 0 Å². The van der Waals surface area contributed by atoms with Crippen molar-refractivity contribution in [3.63, 3.8) is 0 Å². The van der Waals surface area contributed by atoms with Crippen LogP contribution in [0.2, 0.25) is 0 Å². The zero-order valence-corrected chi connectivity index (χ0v) is 13.5. The summed E-state index contributed by atoms with van der Waals surface area (Å²) in [5.74, 6) is 1.92. The minimum Gasteiger partial charge on any atom is -0.486 e. The molecule has 5 heteroatoms. The van der Waals surface area contributed by atoms with Gasteiger partial charge in [0.25, 0.3) is 0 Å². The minimum absolute atomic E-state index is 0.185. The Morgan fingerprint density at radius 3 is 2.76 bits per heavy atom. The molecule has 0 saturated heterocycles. The highest BCUT2D eigenvalue weighted by Crippen LogP contribution is 2.30. The maximum Gasteiger partial charge on any atom is 0.244 e. The van der Waals surface area contributed by atoms with Crippen LogP contribution in [0.4, 0.5) is 0 Å². The summed E-state index contributed by atoms with van der Waals surface area (Å²) in [5, 5.41) is 3.86. The molecule has 0 atom stereocenters. The van der Waals surface area contributed by atoms with Gasteiger partial charge in [0.2, 0.25) is 5.91 Å². The molecule has 1 aliphatic rings. The third-order valence-electron chi connectivity index (χ3n) is 3.92. The molecule has 2 heterocycles. The summed E-state index contributed by atoms with van der Waals surface area (Å²) >= 11 is 0. The number of furan rings is 1. The number of nitrogens with one attached hydrogen (secondary N) is 1. The first-order chi connectivity index (χ1) is 12.3. The Morgan fingerprint density at radius 1 is 1.04 bits per heavy atom. The van der Waals surface area contributed by atoms with E-state index in [1.54, 1.807) is 6.08 Å². The summed E-state index contributed by atoms with van der Waals surface area (Å²) in [7, 11) is 0. The largest absolute Gasteiger partial charge is 0.486 e. The lowest BCUT2D eigenvalue weighted by Gasteiger charge is -2.18. The second-order valence-electron chi connectivity index (χ2n) is 5.72. The summed E-state index contributed by atoms with van der Waals surface area (Å²) in [5.41, 5.74) is 1.76. The molecule has 1 aliphatic heterocycles. The maximum atomic E-state index is 12.0. The molecular formula is C20H17NO4. The van der Waals surface area contributed by atoms with Gasteiger partial charge in [-0.25, -0.2) is 0 Å². The smallest absolute Gasteiger partial charge is 0.244 e. The van der Waals surface area contributed by atoms with Crippen LogP contribution >= 0.6 is 0 Å². The van der Waals surface area contributed by atoms with Crippen molar-refractivity contribution in [1.29, 1.82) is 0 Å². The highest BCUT2D eigenvalue weighted by atomic mass is 16.6. The molecule has 0 unspecified atom stereocenters. The molecular weight excluding hydrogens is 318 g/mol. The summed E-state index contributed by atoms with van der Waals surface area (Å²) in [6.45, 7) is 1.53. The van der Waals surface area contributed by atoms with Crippen LogP contribution in [-0.4, -0.2) is 19.1 Å². The number of carbonyl (C=O) groups is 1. The summed E-state index contributed by atoms with van der Waals surface area (Å²) in [6.07, 6.45) is 3.13. The highest BCUT2D eigenvalue weighted by molar-refractivity contribution is 5.92. The Bertz CT molecular complexity index is 909. The Kier molecular flexibility index (Phi) is 4.12. The number of carbonyl (C=O) groups excluding carboxylic acids is 1. The van der Waals surface area contributed by atoms with Crippen molar-refractivity contribution in [2.45, 2.75) is 6.54 Å². The molecule has 0 bridgehead atoms. The zero-order chi connectivity index (χ0) is 17.1. The van der Waals surface area contributed by atoms with Crippen molar-refractivity contribution in [3.05, 3.63) is 65.9 Å². The average molecular weight is 335 g/mol. The van der Waals surface area contributed by atoms with Crippen LogP contribution in [0.15, 0.2) is 59.0 Å². The minimum atomic E-state index is -0.185. The van der Waals surface area contributed by atoms with Gasteiger partial charge in [-0.05, 0) is 35.9 Å². The lowest BCUT2D eigenvalue weighted by Crippen LogP contribution is -2.20. The topological polar surface area (TPSA) is 60.7 Å². The molecule has 0 spiro atoms. The lowest BCUT2D eigenvalue weighted by atomic mass is 10.2. The van der Waals surface area contributed by atoms with Crippen LogP contribution in [0.5, 0.6) is 11.5 Å². The molecule has 0 saturated carbocycles. The van der Waals surface area contributed by atoms with Crippen molar-refractivity contribution < 1.29 is 18.7 Å². The number of hydrogen-bond acceptors (Lipinski definition) is 4. The molecule has 25 heavy (non-hydrogen) atoms. The Labute approximate surface area is 144 Å². The van der Waals surface area contributed by atoms with E-state index in [1.807, 2.05) is 48.5 Å². The standard InChI is InChI=1S/C20H17NO4/c22-20(8-6-16-12-15-3-1-2-4-17(15)25-16)21-13-14-5-7-18-19(11-14)24-10-9-23-18/h1-8,11-12H,9-10,13H2,(H,21,22)/b8-6+. The Morgan fingerprint density at radius 2 is 1.88 bits per heavy atom. The van der Waals surface area contributed by atoms with E-state index in [9.17, 15) is 4.79 Å². The quantitative estimate of drug-likeness (QED) is 0.741. The second kappa shape index (κ2) is 6.73. The van der Waals surface area contributed by atoms with Gasteiger partial charge >= 0.3 is 0 Å². The summed E-state index contributed by atoms with van der Waals surface area (Å²) in [6, 6.07) is 15.3. The molecule has 126 valence electrons. The van der Waals surface area contributed by atoms with E-state index in [1.165, 1.54) is 6.08 Å². The van der Waals surface area contributed by atoms with E-state index in [-0.39, 0.29) is 5.91 Å². The van der Waals surface area contributed by atoms with E-state index >= 15 is 0 Å². The van der Waals surface area contributed by atoms with Crippen molar-refractivity contribution in [2.75, 3.05) is 13.2 Å². The number of benzene rings is 2. The molecule has 1 amide bonds. The number of amides is 1. The first kappa shape index (κ1) is 15.3. The van der Waals surface area contributed by atoms with Crippen LogP contribution in [0.1, 0.15) is 11.3 Å². The fraction of sp³-hybridized carbons (Fsp3) is 0.150. The average Bonchev–Trinajstić information content (AvgIpc) is 3.07. The van der Waals surface area contributed by atoms with Crippen LogP contribution < -0.4 is 14.8 Å². The molecule has 2 aromatic carbocycles. The molecule has 0 fully saturated rings. The van der Waals surface area contributed by atoms with Crippen LogP contribution in [0.3, 0.4) is 0 Å². The fourth-order valence-electron chi connectivity index (χ4n) is 2.69. The molecule has 3 aromatic rings. The fourth-order valence-corrected chi connectivity index (χ4v) is 2.69. The van der Waals surface area contributed by atoms with Crippen LogP contribution in [-0.2, 0) is 11.3 Å². The van der Waals surface area contributed by atoms with Crippen molar-refractivity contribution in [3.8, 4) is 11.5 Å². The van der Waals surface area contributed by atoms with Crippen molar-refractivity contribution in [1.82, 2.24) is 5.32 Å². The summed E-state index contributed by atoms with van der Waals surface area (Å²) in [4.78, 5) is 12.0. The van der Waals surface area contributed by atoms with E-state index in [0.717, 1.165) is 28.0 Å². The molecule has 1 N–H and O–H groups in total. The van der Waals surface area contributed by atoms with Gasteiger partial charge in [-0.1, -0.05) is 24.3 Å². The van der Waals surface area contributed by atoms with Crippen molar-refractivity contribution in [2.24, 2.45) is 0 Å². The highest BCUT2D eigenvalue weighted by Gasteiger charge is 2.11. The second-order valence-corrected chi connectivity index (χ2v) is 5.72. The van der Waals surface area contributed by atoms with Crippen LogP contribution in [0, 0.1) is 0 Å². The van der Waals surface area contributed by atoms with Gasteiger partial charge in [0.15, 0.2) is 11.5 Å². The van der Waals surface area contributed by atoms with Gasteiger partial charge in [0, 0.05) is 18.0 Å². The monoisotopic (exact) mass is 335 g/mol. The third-order valence-corrected chi connectivity index (χ3v) is 3.92. The number of fused-ring (bicyclic) bond motifs is 2.